The van der Waals surface area contributed by atoms with E-state index in [-0.39, 0.29) is 11.8 Å². The second-order valence-corrected chi connectivity index (χ2v) is 7.93. The van der Waals surface area contributed by atoms with Gasteiger partial charge in [-0.2, -0.15) is 0 Å². The van der Waals surface area contributed by atoms with Crippen LogP contribution >= 0.6 is 11.3 Å². The van der Waals surface area contributed by atoms with Gasteiger partial charge in [0.05, 0.1) is 5.56 Å². The van der Waals surface area contributed by atoms with Gasteiger partial charge >= 0.3 is 0 Å². The Morgan fingerprint density at radius 3 is 2.67 bits per heavy atom. The highest BCUT2D eigenvalue weighted by atomic mass is 32.1. The average Bonchev–Trinajstić information content (AvgIpc) is 2.92. The van der Waals surface area contributed by atoms with Crippen molar-refractivity contribution in [2.45, 2.75) is 72.1 Å². The van der Waals surface area contributed by atoms with E-state index in [9.17, 15) is 9.59 Å². The lowest BCUT2D eigenvalue weighted by atomic mass is 9.85. The van der Waals surface area contributed by atoms with Crippen LogP contribution in [0.5, 0.6) is 0 Å². The van der Waals surface area contributed by atoms with Crippen LogP contribution in [0.4, 0.5) is 5.00 Å². The lowest BCUT2D eigenvalue weighted by Gasteiger charge is -2.20. The standard InChI is InChI=1S/C19H30N2O2S/c1-4-7-8-13(6-3)18(23)21-19-16(17(20)22)14-10-9-12(5-2)11-15(14)24-19/h12-13H,4-11H2,1-3H3,(H2,20,22)(H,21,23). The first-order valence-electron chi connectivity index (χ1n) is 9.26. The molecule has 2 rings (SSSR count). The molecule has 1 aliphatic carbocycles. The molecule has 2 amide bonds. The highest BCUT2D eigenvalue weighted by Gasteiger charge is 2.29. The van der Waals surface area contributed by atoms with E-state index in [2.05, 4.69) is 19.2 Å². The number of nitrogens with one attached hydrogen (secondary N) is 1. The van der Waals surface area contributed by atoms with Gasteiger partial charge in [0.1, 0.15) is 5.00 Å². The second-order valence-electron chi connectivity index (χ2n) is 6.83. The quantitative estimate of drug-likeness (QED) is 0.723. The lowest BCUT2D eigenvalue weighted by molar-refractivity contribution is -0.120. The summed E-state index contributed by atoms with van der Waals surface area (Å²) in [5.74, 6) is 0.292. The maximum absolute atomic E-state index is 12.6. The van der Waals surface area contributed by atoms with E-state index in [4.69, 9.17) is 5.73 Å². The van der Waals surface area contributed by atoms with E-state index in [1.807, 2.05) is 6.92 Å². The molecule has 0 spiro atoms. The zero-order valence-corrected chi connectivity index (χ0v) is 15.9. The number of hydrogen-bond acceptors (Lipinski definition) is 3. The Balaban J connectivity index is 2.22. The number of unbranched alkanes of at least 4 members (excludes halogenated alkanes) is 1. The number of carbonyl (C=O) groups excluding carboxylic acids is 2. The highest BCUT2D eigenvalue weighted by Crippen LogP contribution is 2.40. The summed E-state index contributed by atoms with van der Waals surface area (Å²) in [6, 6.07) is 0. The third-order valence-electron chi connectivity index (χ3n) is 5.20. The van der Waals surface area contributed by atoms with Gasteiger partial charge in [-0.25, -0.2) is 0 Å². The van der Waals surface area contributed by atoms with Crippen LogP contribution in [0, 0.1) is 11.8 Å². The zero-order chi connectivity index (χ0) is 17.7. The number of amides is 2. The summed E-state index contributed by atoms with van der Waals surface area (Å²) in [5.41, 5.74) is 7.27. The van der Waals surface area contributed by atoms with Gasteiger partial charge in [-0.1, -0.05) is 40.0 Å². The monoisotopic (exact) mass is 350 g/mol. The molecule has 0 aliphatic heterocycles. The summed E-state index contributed by atoms with van der Waals surface area (Å²) in [4.78, 5) is 25.8. The van der Waals surface area contributed by atoms with Crippen LogP contribution in [-0.4, -0.2) is 11.8 Å². The van der Waals surface area contributed by atoms with Gasteiger partial charge < -0.3 is 11.1 Å². The maximum Gasteiger partial charge on any atom is 0.251 e. The number of hydrogen-bond donors (Lipinski definition) is 2. The maximum atomic E-state index is 12.6. The Kier molecular flexibility index (Phi) is 6.84. The molecule has 0 saturated heterocycles. The molecule has 0 radical (unpaired) electrons. The van der Waals surface area contributed by atoms with Crippen molar-refractivity contribution in [2.24, 2.45) is 17.6 Å². The Bertz CT molecular complexity index is 594. The number of rotatable bonds is 8. The molecule has 1 aromatic heterocycles. The molecule has 3 N–H and O–H groups in total. The van der Waals surface area contributed by atoms with E-state index >= 15 is 0 Å². The first kappa shape index (κ1) is 19.0. The van der Waals surface area contributed by atoms with Gasteiger partial charge in [-0.15, -0.1) is 11.3 Å². The van der Waals surface area contributed by atoms with Crippen LogP contribution in [-0.2, 0) is 17.6 Å². The second kappa shape index (κ2) is 8.65. The lowest BCUT2D eigenvalue weighted by Crippen LogP contribution is -2.24. The number of primary amides is 1. The van der Waals surface area contributed by atoms with Gasteiger partial charge in [-0.05, 0) is 43.6 Å². The summed E-state index contributed by atoms with van der Waals surface area (Å²) < 4.78 is 0. The van der Waals surface area contributed by atoms with E-state index in [0.717, 1.165) is 56.9 Å². The molecule has 0 aromatic carbocycles. The number of thiophene rings is 1. The van der Waals surface area contributed by atoms with Crippen LogP contribution in [0.2, 0.25) is 0 Å². The Hall–Kier alpha value is -1.36. The molecular weight excluding hydrogens is 320 g/mol. The summed E-state index contributed by atoms with van der Waals surface area (Å²) in [6.45, 7) is 6.38. The number of fused-ring (bicyclic) bond motifs is 1. The zero-order valence-electron chi connectivity index (χ0n) is 15.1. The van der Waals surface area contributed by atoms with Gasteiger partial charge in [-0.3, -0.25) is 9.59 Å². The fourth-order valence-electron chi connectivity index (χ4n) is 3.54. The molecule has 2 atom stereocenters. The largest absolute Gasteiger partial charge is 0.365 e. The molecular formula is C19H30N2O2S. The van der Waals surface area contributed by atoms with Crippen molar-refractivity contribution in [3.63, 3.8) is 0 Å². The summed E-state index contributed by atoms with van der Waals surface area (Å²) in [5, 5.41) is 3.69. The Morgan fingerprint density at radius 1 is 1.33 bits per heavy atom. The van der Waals surface area contributed by atoms with E-state index in [1.54, 1.807) is 11.3 Å². The highest BCUT2D eigenvalue weighted by molar-refractivity contribution is 7.17. The molecule has 0 saturated carbocycles. The first-order valence-corrected chi connectivity index (χ1v) is 10.1. The van der Waals surface area contributed by atoms with Crippen molar-refractivity contribution < 1.29 is 9.59 Å². The summed E-state index contributed by atoms with van der Waals surface area (Å²) in [6.07, 6.45) is 8.00. The molecule has 1 aromatic rings. The van der Waals surface area contributed by atoms with Crippen molar-refractivity contribution in [3.8, 4) is 0 Å². The predicted octanol–water partition coefficient (Wildman–Crippen LogP) is 4.52. The molecule has 0 fully saturated rings. The van der Waals surface area contributed by atoms with Gasteiger partial charge in [0.25, 0.3) is 5.91 Å². The van der Waals surface area contributed by atoms with Gasteiger partial charge in [0, 0.05) is 10.8 Å². The Morgan fingerprint density at radius 2 is 2.08 bits per heavy atom. The van der Waals surface area contributed by atoms with Crippen molar-refractivity contribution in [1.82, 2.24) is 0 Å². The summed E-state index contributed by atoms with van der Waals surface area (Å²) in [7, 11) is 0. The third kappa shape index (κ3) is 4.18. The first-order chi connectivity index (χ1) is 11.5. The van der Waals surface area contributed by atoms with Crippen LogP contribution in [0.15, 0.2) is 0 Å². The van der Waals surface area contributed by atoms with Crippen LogP contribution in [0.3, 0.4) is 0 Å². The minimum absolute atomic E-state index is 0.00759. The molecule has 1 heterocycles. The number of carbonyl (C=O) groups is 2. The minimum Gasteiger partial charge on any atom is -0.365 e. The molecule has 0 bridgehead atoms. The van der Waals surface area contributed by atoms with Gasteiger partial charge in [0.2, 0.25) is 5.91 Å². The molecule has 24 heavy (non-hydrogen) atoms. The predicted molar refractivity (Wildman–Crippen MR) is 101 cm³/mol. The van der Waals surface area contributed by atoms with Crippen LogP contribution in [0.25, 0.3) is 0 Å². The third-order valence-corrected chi connectivity index (χ3v) is 6.37. The number of anilines is 1. The fraction of sp³-hybridized carbons (Fsp3) is 0.684. The van der Waals surface area contributed by atoms with E-state index in [0.29, 0.717) is 16.5 Å². The topological polar surface area (TPSA) is 72.2 Å². The van der Waals surface area contributed by atoms with Gasteiger partial charge in [0.15, 0.2) is 0 Å². The van der Waals surface area contributed by atoms with Crippen molar-refractivity contribution >= 4 is 28.2 Å². The van der Waals surface area contributed by atoms with Crippen LogP contribution < -0.4 is 11.1 Å². The molecule has 2 unspecified atom stereocenters. The SMILES string of the molecule is CCCCC(CC)C(=O)Nc1sc2c(c1C(N)=O)CCC(CC)C2. The minimum atomic E-state index is -0.417. The average molecular weight is 351 g/mol. The Labute approximate surface area is 149 Å². The van der Waals surface area contributed by atoms with Crippen molar-refractivity contribution in [3.05, 3.63) is 16.0 Å². The molecule has 134 valence electrons. The molecule has 4 nitrogen and oxygen atoms in total. The van der Waals surface area contributed by atoms with Crippen LogP contribution in [0.1, 0.15) is 80.1 Å². The fourth-order valence-corrected chi connectivity index (χ4v) is 4.91. The molecule has 5 heteroatoms. The van der Waals surface area contributed by atoms with Crippen molar-refractivity contribution in [2.75, 3.05) is 5.32 Å². The smallest absolute Gasteiger partial charge is 0.251 e. The summed E-state index contributed by atoms with van der Waals surface area (Å²) >= 11 is 1.56. The van der Waals surface area contributed by atoms with E-state index < -0.39 is 5.91 Å². The number of nitrogens with two attached hydrogens (primary N) is 1. The van der Waals surface area contributed by atoms with Crippen molar-refractivity contribution in [1.29, 1.82) is 0 Å². The molecule has 1 aliphatic rings. The van der Waals surface area contributed by atoms with E-state index in [1.165, 1.54) is 4.88 Å². The normalized spacial score (nSPS) is 18.0.